The molecule has 0 aromatic carbocycles. The van der Waals surface area contributed by atoms with Gasteiger partial charge in [0.25, 0.3) is 0 Å². The first-order valence-electron chi connectivity index (χ1n) is 8.36. The van der Waals surface area contributed by atoms with Crippen LogP contribution in [-0.4, -0.2) is 9.97 Å². The van der Waals surface area contributed by atoms with Crippen molar-refractivity contribution in [3.8, 4) is 0 Å². The summed E-state index contributed by atoms with van der Waals surface area (Å²) in [6.45, 7) is 0. The molecule has 5 aliphatic carbocycles. The van der Waals surface area contributed by atoms with Crippen molar-refractivity contribution in [2.45, 2.75) is 62.7 Å². The standard InChI is InChI=1S/C17H20BrClN2/c18-13-14(12-1-2-12)20-16(21-15(13)19)17-6-9-3-10(7-17)5-11(4-9)8-17/h9-12H,1-8H2. The van der Waals surface area contributed by atoms with Gasteiger partial charge in [-0.05, 0) is 85.1 Å². The maximum atomic E-state index is 6.43. The second-order valence-corrected chi connectivity index (χ2v) is 9.16. The number of nitrogens with zero attached hydrogens (tertiary/aromatic N) is 2. The predicted octanol–water partition coefficient (Wildman–Crippen LogP) is 5.24. The van der Waals surface area contributed by atoms with Gasteiger partial charge in [0.1, 0.15) is 11.0 Å². The lowest BCUT2D eigenvalue weighted by Crippen LogP contribution is -2.49. The van der Waals surface area contributed by atoms with Crippen molar-refractivity contribution in [3.05, 3.63) is 21.1 Å². The Morgan fingerprint density at radius 2 is 1.52 bits per heavy atom. The molecular formula is C17H20BrClN2. The van der Waals surface area contributed by atoms with Crippen molar-refractivity contribution in [2.75, 3.05) is 0 Å². The molecule has 5 fully saturated rings. The highest BCUT2D eigenvalue weighted by Gasteiger charge is 2.53. The Morgan fingerprint density at radius 1 is 0.952 bits per heavy atom. The topological polar surface area (TPSA) is 25.8 Å². The van der Waals surface area contributed by atoms with Crippen molar-refractivity contribution in [1.82, 2.24) is 9.97 Å². The summed E-state index contributed by atoms with van der Waals surface area (Å²) in [7, 11) is 0. The van der Waals surface area contributed by atoms with Crippen LogP contribution < -0.4 is 0 Å². The van der Waals surface area contributed by atoms with E-state index in [1.807, 2.05) is 0 Å². The fourth-order valence-corrected chi connectivity index (χ4v) is 6.36. The summed E-state index contributed by atoms with van der Waals surface area (Å²) in [6.07, 6.45) is 10.8. The molecule has 21 heavy (non-hydrogen) atoms. The molecular weight excluding hydrogens is 348 g/mol. The van der Waals surface area contributed by atoms with Crippen LogP contribution in [0, 0.1) is 17.8 Å². The molecule has 1 heterocycles. The van der Waals surface area contributed by atoms with Crippen LogP contribution in [0.4, 0.5) is 0 Å². The predicted molar refractivity (Wildman–Crippen MR) is 86.6 cm³/mol. The second-order valence-electron chi connectivity index (χ2n) is 8.01. The van der Waals surface area contributed by atoms with Gasteiger partial charge < -0.3 is 0 Å². The summed E-state index contributed by atoms with van der Waals surface area (Å²) in [6, 6.07) is 0. The minimum Gasteiger partial charge on any atom is -0.236 e. The summed E-state index contributed by atoms with van der Waals surface area (Å²) >= 11 is 10.0. The van der Waals surface area contributed by atoms with Crippen molar-refractivity contribution >= 4 is 27.5 Å². The molecule has 1 aromatic rings. The molecule has 0 N–H and O–H groups in total. The van der Waals surface area contributed by atoms with Crippen LogP contribution in [0.1, 0.15) is 68.8 Å². The fourth-order valence-electron chi connectivity index (χ4n) is 5.68. The van der Waals surface area contributed by atoms with Crippen LogP contribution in [-0.2, 0) is 5.41 Å². The van der Waals surface area contributed by atoms with Gasteiger partial charge in [-0.1, -0.05) is 11.6 Å². The third-order valence-electron chi connectivity index (χ3n) is 6.31. The van der Waals surface area contributed by atoms with E-state index in [0.29, 0.717) is 11.1 Å². The van der Waals surface area contributed by atoms with Crippen LogP contribution in [0.15, 0.2) is 4.47 Å². The van der Waals surface area contributed by atoms with Crippen molar-refractivity contribution in [1.29, 1.82) is 0 Å². The van der Waals surface area contributed by atoms with E-state index >= 15 is 0 Å². The Balaban J connectivity index is 1.61. The second kappa shape index (κ2) is 4.44. The lowest BCUT2D eigenvalue weighted by molar-refractivity contribution is -0.00951. The minimum atomic E-state index is 0.253. The highest BCUT2D eigenvalue weighted by Crippen LogP contribution is 2.60. The first-order chi connectivity index (χ1) is 10.1. The fraction of sp³-hybridized carbons (Fsp3) is 0.765. The van der Waals surface area contributed by atoms with E-state index in [1.165, 1.54) is 57.1 Å². The lowest BCUT2D eigenvalue weighted by Gasteiger charge is -2.56. The van der Waals surface area contributed by atoms with Gasteiger partial charge in [-0.2, -0.15) is 0 Å². The summed E-state index contributed by atoms with van der Waals surface area (Å²) < 4.78 is 0.945. The molecule has 5 saturated carbocycles. The molecule has 6 rings (SSSR count). The average Bonchev–Trinajstić information content (AvgIpc) is 3.24. The Bertz CT molecular complexity index is 576. The zero-order chi connectivity index (χ0) is 14.2. The van der Waals surface area contributed by atoms with E-state index in [1.54, 1.807) is 0 Å². The molecule has 4 bridgehead atoms. The minimum absolute atomic E-state index is 0.253. The molecule has 0 saturated heterocycles. The highest BCUT2D eigenvalue weighted by molar-refractivity contribution is 9.10. The van der Waals surface area contributed by atoms with Gasteiger partial charge in [0.05, 0.1) is 10.2 Å². The molecule has 5 aliphatic rings. The van der Waals surface area contributed by atoms with E-state index in [2.05, 4.69) is 15.9 Å². The molecule has 4 heteroatoms. The van der Waals surface area contributed by atoms with Gasteiger partial charge in [0.15, 0.2) is 0 Å². The van der Waals surface area contributed by atoms with Gasteiger partial charge in [-0.25, -0.2) is 9.97 Å². The number of hydrogen-bond acceptors (Lipinski definition) is 2. The average molecular weight is 368 g/mol. The molecule has 0 aliphatic heterocycles. The quantitative estimate of drug-likeness (QED) is 0.668. The Kier molecular flexibility index (Phi) is 2.81. The summed E-state index contributed by atoms with van der Waals surface area (Å²) in [5.41, 5.74) is 1.43. The van der Waals surface area contributed by atoms with Crippen LogP contribution in [0.2, 0.25) is 5.15 Å². The van der Waals surface area contributed by atoms with Crippen molar-refractivity contribution < 1.29 is 0 Å². The highest BCUT2D eigenvalue weighted by atomic mass is 79.9. The smallest absolute Gasteiger partial charge is 0.147 e. The zero-order valence-corrected chi connectivity index (χ0v) is 14.5. The summed E-state index contributed by atoms with van der Waals surface area (Å²) in [5, 5.41) is 0.637. The zero-order valence-electron chi connectivity index (χ0n) is 12.1. The molecule has 0 unspecified atom stereocenters. The van der Waals surface area contributed by atoms with Gasteiger partial charge in [0.2, 0.25) is 0 Å². The molecule has 2 nitrogen and oxygen atoms in total. The number of rotatable bonds is 2. The van der Waals surface area contributed by atoms with Crippen LogP contribution in [0.25, 0.3) is 0 Å². The molecule has 0 atom stereocenters. The molecule has 0 spiro atoms. The van der Waals surface area contributed by atoms with Crippen LogP contribution >= 0.6 is 27.5 Å². The van der Waals surface area contributed by atoms with E-state index in [9.17, 15) is 0 Å². The van der Waals surface area contributed by atoms with E-state index in [-0.39, 0.29) is 5.41 Å². The Morgan fingerprint density at radius 3 is 2.05 bits per heavy atom. The molecule has 1 aromatic heterocycles. The van der Waals surface area contributed by atoms with Gasteiger partial charge in [0, 0.05) is 11.3 Å². The maximum Gasteiger partial charge on any atom is 0.147 e. The Hall–Kier alpha value is -0.150. The normalized spacial score (nSPS) is 40.8. The van der Waals surface area contributed by atoms with Crippen LogP contribution in [0.5, 0.6) is 0 Å². The van der Waals surface area contributed by atoms with E-state index in [0.717, 1.165) is 28.1 Å². The SMILES string of the molecule is Clc1nc(C23CC4CC(CC(C4)C2)C3)nc(C2CC2)c1Br. The Labute approximate surface area is 139 Å². The van der Waals surface area contributed by atoms with Crippen molar-refractivity contribution in [3.63, 3.8) is 0 Å². The first kappa shape index (κ1) is 13.3. The third-order valence-corrected chi connectivity index (χ3v) is 7.60. The monoisotopic (exact) mass is 366 g/mol. The number of aromatic nitrogens is 2. The number of hydrogen-bond donors (Lipinski definition) is 0. The van der Waals surface area contributed by atoms with Gasteiger partial charge >= 0.3 is 0 Å². The first-order valence-corrected chi connectivity index (χ1v) is 9.53. The van der Waals surface area contributed by atoms with Gasteiger partial charge in [-0.3, -0.25) is 0 Å². The summed E-state index contributed by atoms with van der Waals surface area (Å²) in [5.74, 6) is 4.47. The maximum absolute atomic E-state index is 6.43. The van der Waals surface area contributed by atoms with E-state index in [4.69, 9.17) is 21.6 Å². The van der Waals surface area contributed by atoms with Gasteiger partial charge in [-0.15, -0.1) is 0 Å². The molecule has 112 valence electrons. The molecule has 0 amide bonds. The molecule has 0 radical (unpaired) electrons. The van der Waals surface area contributed by atoms with Crippen molar-refractivity contribution in [2.24, 2.45) is 17.8 Å². The number of halogens is 2. The largest absolute Gasteiger partial charge is 0.236 e. The van der Waals surface area contributed by atoms with E-state index < -0.39 is 0 Å². The lowest BCUT2D eigenvalue weighted by atomic mass is 9.49. The third kappa shape index (κ3) is 2.03. The van der Waals surface area contributed by atoms with Crippen LogP contribution in [0.3, 0.4) is 0 Å². The summed E-state index contributed by atoms with van der Waals surface area (Å²) in [4.78, 5) is 9.78.